The second-order valence-corrected chi connectivity index (χ2v) is 2.81. The predicted molar refractivity (Wildman–Crippen MR) is 55.2 cm³/mol. The first-order valence-electron chi connectivity index (χ1n) is 4.12. The minimum atomic E-state index is -0.642. The van der Waals surface area contributed by atoms with E-state index in [1.807, 2.05) is 10.9 Å². The molecule has 0 aromatic heterocycles. The normalized spacial score (nSPS) is 9.38. The van der Waals surface area contributed by atoms with Crippen LogP contribution in [0.5, 0.6) is 0 Å². The Balaban J connectivity index is 3.26. The van der Waals surface area contributed by atoms with Crippen molar-refractivity contribution in [3.8, 4) is 0 Å². The van der Waals surface area contributed by atoms with Crippen molar-refractivity contribution in [1.29, 1.82) is 0 Å². The fraction of sp³-hybridized carbons (Fsp3) is 0. The van der Waals surface area contributed by atoms with Gasteiger partial charge in [-0.3, -0.25) is 20.4 Å². The molecule has 8 heteroatoms. The third-order valence-electron chi connectivity index (χ3n) is 1.81. The second-order valence-electron chi connectivity index (χ2n) is 2.81. The van der Waals surface area contributed by atoms with Crippen molar-refractivity contribution in [2.45, 2.75) is 0 Å². The van der Waals surface area contributed by atoms with Crippen molar-refractivity contribution in [3.63, 3.8) is 0 Å². The number of rotatable bonds is 3. The molecule has 16 heavy (non-hydrogen) atoms. The molecule has 8 nitrogen and oxygen atoms in total. The Morgan fingerprint density at radius 1 is 1.00 bits per heavy atom. The van der Waals surface area contributed by atoms with E-state index in [-0.39, 0.29) is 16.8 Å². The smallest absolute Gasteiger partial charge is 0.265 e. The van der Waals surface area contributed by atoms with Crippen LogP contribution in [-0.4, -0.2) is 11.8 Å². The summed E-state index contributed by atoms with van der Waals surface area (Å²) in [6.07, 6.45) is 0. The number of hydrogen-bond donors (Lipinski definition) is 4. The summed E-state index contributed by atoms with van der Waals surface area (Å²) >= 11 is 0. The van der Waals surface area contributed by atoms with Gasteiger partial charge in [-0.25, -0.2) is 11.7 Å². The zero-order valence-corrected chi connectivity index (χ0v) is 8.06. The molecule has 0 atom stereocenters. The molecule has 0 bridgehead atoms. The minimum Gasteiger partial charge on any atom is -0.290 e. The fourth-order valence-electron chi connectivity index (χ4n) is 1.09. The molecule has 0 aliphatic rings. The van der Waals surface area contributed by atoms with Crippen molar-refractivity contribution in [2.24, 2.45) is 16.9 Å². The Labute approximate surface area is 89.9 Å². The number of nitrogens with zero attached hydrogens (tertiary/aromatic N) is 1. The minimum absolute atomic E-state index is 0.0400. The van der Waals surface area contributed by atoms with Crippen LogP contribution >= 0.6 is 0 Å². The van der Waals surface area contributed by atoms with E-state index < -0.39 is 11.8 Å². The van der Waals surface area contributed by atoms with E-state index in [9.17, 15) is 14.5 Å². The molecular formula is C8H9N5O3. The largest absolute Gasteiger partial charge is 0.290 e. The van der Waals surface area contributed by atoms with Gasteiger partial charge < -0.3 is 0 Å². The van der Waals surface area contributed by atoms with Crippen LogP contribution in [0.1, 0.15) is 20.7 Å². The van der Waals surface area contributed by atoms with Crippen molar-refractivity contribution in [3.05, 3.63) is 34.2 Å². The highest BCUT2D eigenvalue weighted by atomic mass is 16.3. The van der Waals surface area contributed by atoms with Gasteiger partial charge in [0.1, 0.15) is 5.69 Å². The first-order valence-corrected chi connectivity index (χ1v) is 4.12. The predicted octanol–water partition coefficient (Wildman–Crippen LogP) is -0.709. The standard InChI is InChI=1S/C8H9N5O3/c9-11-7(14)4-1-5(8(15)12-10)3-6(2-4)13-16/h1-3H,9-10H2,(H,11,14)(H,12,15). The summed E-state index contributed by atoms with van der Waals surface area (Å²) in [7, 11) is 0. The van der Waals surface area contributed by atoms with Gasteiger partial charge in [-0.15, -0.1) is 4.91 Å². The highest BCUT2D eigenvalue weighted by Crippen LogP contribution is 2.17. The molecule has 0 saturated heterocycles. The van der Waals surface area contributed by atoms with Crippen LogP contribution < -0.4 is 22.5 Å². The van der Waals surface area contributed by atoms with Crippen molar-refractivity contribution < 1.29 is 9.59 Å². The summed E-state index contributed by atoms with van der Waals surface area (Å²) in [5.41, 5.74) is 3.75. The van der Waals surface area contributed by atoms with Gasteiger partial charge in [0, 0.05) is 11.1 Å². The molecule has 0 unspecified atom stereocenters. The molecule has 0 spiro atoms. The molecule has 2 amide bonds. The Bertz CT molecular complexity index is 411. The maximum atomic E-state index is 11.2. The van der Waals surface area contributed by atoms with E-state index >= 15 is 0 Å². The van der Waals surface area contributed by atoms with E-state index in [0.29, 0.717) is 0 Å². The lowest BCUT2D eigenvalue weighted by Crippen LogP contribution is -2.32. The summed E-state index contributed by atoms with van der Waals surface area (Å²) < 4.78 is 0. The number of hydrazine groups is 2. The van der Waals surface area contributed by atoms with Crippen LogP contribution in [0.2, 0.25) is 0 Å². The third-order valence-corrected chi connectivity index (χ3v) is 1.81. The number of nitrogens with two attached hydrogens (primary N) is 2. The van der Waals surface area contributed by atoms with Gasteiger partial charge >= 0.3 is 0 Å². The van der Waals surface area contributed by atoms with E-state index in [1.54, 1.807) is 0 Å². The Hall–Kier alpha value is -2.32. The van der Waals surface area contributed by atoms with Gasteiger partial charge in [-0.05, 0) is 23.4 Å². The molecule has 0 heterocycles. The van der Waals surface area contributed by atoms with Crippen molar-refractivity contribution >= 4 is 17.5 Å². The number of amides is 2. The number of nitroso groups, excluding NO2 is 1. The van der Waals surface area contributed by atoms with E-state index in [1.165, 1.54) is 18.2 Å². The maximum Gasteiger partial charge on any atom is 0.265 e. The van der Waals surface area contributed by atoms with E-state index in [4.69, 9.17) is 11.7 Å². The summed E-state index contributed by atoms with van der Waals surface area (Å²) in [6.45, 7) is 0. The Morgan fingerprint density at radius 2 is 1.44 bits per heavy atom. The second kappa shape index (κ2) is 4.96. The van der Waals surface area contributed by atoms with Crippen LogP contribution in [0.3, 0.4) is 0 Å². The lowest BCUT2D eigenvalue weighted by atomic mass is 10.1. The molecule has 6 N–H and O–H groups in total. The van der Waals surface area contributed by atoms with Gasteiger partial charge in [0.2, 0.25) is 0 Å². The zero-order valence-electron chi connectivity index (χ0n) is 8.06. The topological polar surface area (TPSA) is 140 Å². The molecule has 1 rings (SSSR count). The van der Waals surface area contributed by atoms with Crippen molar-refractivity contribution in [1.82, 2.24) is 10.9 Å². The Kier molecular flexibility index (Phi) is 3.64. The average Bonchev–Trinajstić information content (AvgIpc) is 2.35. The molecule has 0 aliphatic carbocycles. The van der Waals surface area contributed by atoms with Crippen LogP contribution in [0.25, 0.3) is 0 Å². The highest BCUT2D eigenvalue weighted by molar-refractivity contribution is 6.00. The molecule has 0 fully saturated rings. The van der Waals surface area contributed by atoms with E-state index in [0.717, 1.165) is 0 Å². The number of nitrogen functional groups attached to an aromatic ring is 2. The van der Waals surface area contributed by atoms with Crippen LogP contribution in [0.15, 0.2) is 23.4 Å². The van der Waals surface area contributed by atoms with Gasteiger partial charge in [0.25, 0.3) is 11.8 Å². The molecule has 0 radical (unpaired) electrons. The van der Waals surface area contributed by atoms with Crippen LogP contribution in [0, 0.1) is 4.91 Å². The monoisotopic (exact) mass is 223 g/mol. The van der Waals surface area contributed by atoms with Crippen LogP contribution in [-0.2, 0) is 0 Å². The lowest BCUT2D eigenvalue weighted by Gasteiger charge is -2.04. The highest BCUT2D eigenvalue weighted by Gasteiger charge is 2.11. The number of carbonyl (C=O) groups excluding carboxylic acids is 2. The number of hydrogen-bond acceptors (Lipinski definition) is 6. The Morgan fingerprint density at radius 3 is 1.75 bits per heavy atom. The molecule has 0 aliphatic heterocycles. The number of benzene rings is 1. The third kappa shape index (κ3) is 2.38. The lowest BCUT2D eigenvalue weighted by molar-refractivity contribution is 0.0953. The number of carbonyl (C=O) groups is 2. The maximum absolute atomic E-state index is 11.2. The summed E-state index contributed by atoms with van der Waals surface area (Å²) in [4.78, 5) is 32.8. The van der Waals surface area contributed by atoms with Gasteiger partial charge in [-0.1, -0.05) is 0 Å². The number of nitrogens with one attached hydrogen (secondary N) is 2. The first-order chi connectivity index (χ1) is 7.62. The average molecular weight is 223 g/mol. The fourth-order valence-corrected chi connectivity index (χ4v) is 1.09. The van der Waals surface area contributed by atoms with Gasteiger partial charge in [-0.2, -0.15) is 0 Å². The molecule has 1 aromatic rings. The first kappa shape index (κ1) is 11.8. The van der Waals surface area contributed by atoms with Gasteiger partial charge in [0.15, 0.2) is 0 Å². The zero-order chi connectivity index (χ0) is 12.1. The molecule has 84 valence electrons. The van der Waals surface area contributed by atoms with Crippen molar-refractivity contribution in [2.75, 3.05) is 0 Å². The van der Waals surface area contributed by atoms with E-state index in [2.05, 4.69) is 5.18 Å². The summed E-state index contributed by atoms with van der Waals surface area (Å²) in [6, 6.07) is 3.63. The molecule has 0 saturated carbocycles. The SMILES string of the molecule is NNC(=O)c1cc(N=O)cc(C(=O)NN)c1. The molecular weight excluding hydrogens is 214 g/mol. The van der Waals surface area contributed by atoms with Crippen LogP contribution in [0.4, 0.5) is 5.69 Å². The van der Waals surface area contributed by atoms with Gasteiger partial charge in [0.05, 0.1) is 0 Å². The molecule has 1 aromatic carbocycles. The summed E-state index contributed by atoms with van der Waals surface area (Å²) in [5.74, 6) is 8.56. The quantitative estimate of drug-likeness (QED) is 0.232. The summed E-state index contributed by atoms with van der Waals surface area (Å²) in [5, 5.41) is 2.63.